The number of ether oxygens (including phenoxy) is 1. The molecule has 30 heavy (non-hydrogen) atoms. The molecule has 4 rings (SSSR count). The highest BCUT2D eigenvalue weighted by Gasteiger charge is 2.39. The third-order valence-corrected chi connectivity index (χ3v) is 6.26. The van der Waals surface area contributed by atoms with Crippen LogP contribution >= 0.6 is 11.6 Å². The van der Waals surface area contributed by atoms with Gasteiger partial charge in [-0.1, -0.05) is 54.8 Å². The standard InChI is InChI=1S/C24H27ClN2O3/c25-19-12-10-18(11-13-19)23(28)26-20(16-17-6-2-1-3-7-17)24(29)27-14-15-30-22-9-5-4-8-21(22)27/h1-3,6-7,10-13,20-22H,4-5,8-9,14-16H2,(H,26,28). The van der Waals surface area contributed by atoms with E-state index in [-0.39, 0.29) is 24.0 Å². The van der Waals surface area contributed by atoms with Crippen LogP contribution < -0.4 is 5.32 Å². The van der Waals surface area contributed by atoms with Crippen LogP contribution in [0.3, 0.4) is 0 Å². The lowest BCUT2D eigenvalue weighted by atomic mass is 9.89. The van der Waals surface area contributed by atoms with E-state index in [0.717, 1.165) is 31.2 Å². The van der Waals surface area contributed by atoms with Crippen molar-refractivity contribution < 1.29 is 14.3 Å². The molecule has 6 heteroatoms. The molecule has 1 aliphatic carbocycles. The second-order valence-electron chi connectivity index (χ2n) is 8.02. The first kappa shape index (κ1) is 20.9. The highest BCUT2D eigenvalue weighted by Crippen LogP contribution is 2.29. The molecule has 1 aliphatic heterocycles. The lowest BCUT2D eigenvalue weighted by Crippen LogP contribution is -2.60. The Bertz CT molecular complexity index is 870. The van der Waals surface area contributed by atoms with Crippen LogP contribution in [0.5, 0.6) is 0 Å². The van der Waals surface area contributed by atoms with Crippen molar-refractivity contribution in [3.05, 3.63) is 70.7 Å². The van der Waals surface area contributed by atoms with E-state index in [0.29, 0.717) is 30.2 Å². The largest absolute Gasteiger partial charge is 0.374 e. The number of nitrogens with zero attached hydrogens (tertiary/aromatic N) is 1. The van der Waals surface area contributed by atoms with E-state index in [1.54, 1.807) is 24.3 Å². The summed E-state index contributed by atoms with van der Waals surface area (Å²) in [5.74, 6) is -0.296. The third kappa shape index (κ3) is 4.85. The van der Waals surface area contributed by atoms with E-state index < -0.39 is 6.04 Å². The Balaban J connectivity index is 1.55. The smallest absolute Gasteiger partial charge is 0.251 e. The molecular formula is C24H27ClN2O3. The maximum absolute atomic E-state index is 13.6. The van der Waals surface area contributed by atoms with Gasteiger partial charge in [0.2, 0.25) is 5.91 Å². The summed E-state index contributed by atoms with van der Waals surface area (Å²) in [6.45, 7) is 1.12. The van der Waals surface area contributed by atoms with Gasteiger partial charge in [-0.3, -0.25) is 9.59 Å². The Hall–Kier alpha value is -2.37. The van der Waals surface area contributed by atoms with Crippen LogP contribution in [0.4, 0.5) is 0 Å². The summed E-state index contributed by atoms with van der Waals surface area (Å²) in [4.78, 5) is 28.4. The summed E-state index contributed by atoms with van der Waals surface area (Å²) in [7, 11) is 0. The molecule has 1 saturated carbocycles. The van der Waals surface area contributed by atoms with Gasteiger partial charge < -0.3 is 15.0 Å². The molecule has 1 heterocycles. The second kappa shape index (κ2) is 9.63. The quantitative estimate of drug-likeness (QED) is 0.790. The van der Waals surface area contributed by atoms with Crippen LogP contribution in [0.1, 0.15) is 41.6 Å². The summed E-state index contributed by atoms with van der Waals surface area (Å²) in [5.41, 5.74) is 1.50. The lowest BCUT2D eigenvalue weighted by Gasteiger charge is -2.45. The van der Waals surface area contributed by atoms with Gasteiger partial charge >= 0.3 is 0 Å². The molecule has 1 N–H and O–H groups in total. The van der Waals surface area contributed by atoms with Crippen molar-refractivity contribution in [1.82, 2.24) is 10.2 Å². The lowest BCUT2D eigenvalue weighted by molar-refractivity contribution is -0.151. The Kier molecular flexibility index (Phi) is 6.70. The Morgan fingerprint density at radius 1 is 1.07 bits per heavy atom. The maximum Gasteiger partial charge on any atom is 0.251 e. The fourth-order valence-electron chi connectivity index (χ4n) is 4.46. The van der Waals surface area contributed by atoms with Crippen molar-refractivity contribution in [3.63, 3.8) is 0 Å². The Morgan fingerprint density at radius 2 is 1.80 bits per heavy atom. The van der Waals surface area contributed by atoms with E-state index in [1.807, 2.05) is 35.2 Å². The number of benzene rings is 2. The van der Waals surface area contributed by atoms with Gasteiger partial charge in [0.15, 0.2) is 0 Å². The zero-order valence-corrected chi connectivity index (χ0v) is 17.7. The molecule has 3 unspecified atom stereocenters. The number of halogens is 1. The van der Waals surface area contributed by atoms with Crippen molar-refractivity contribution in [3.8, 4) is 0 Å². The zero-order chi connectivity index (χ0) is 20.9. The molecule has 2 amide bonds. The molecule has 3 atom stereocenters. The Labute approximate surface area is 182 Å². The summed E-state index contributed by atoms with van der Waals surface area (Å²) >= 11 is 5.94. The number of carbonyl (C=O) groups excluding carboxylic acids is 2. The molecule has 2 fully saturated rings. The minimum atomic E-state index is -0.628. The molecule has 0 aromatic heterocycles. The minimum Gasteiger partial charge on any atom is -0.374 e. The molecular weight excluding hydrogens is 400 g/mol. The van der Waals surface area contributed by atoms with Crippen molar-refractivity contribution in [1.29, 1.82) is 0 Å². The molecule has 0 radical (unpaired) electrons. The molecule has 5 nitrogen and oxygen atoms in total. The van der Waals surface area contributed by atoms with E-state index in [9.17, 15) is 9.59 Å². The minimum absolute atomic E-state index is 0.0265. The average molecular weight is 427 g/mol. The van der Waals surface area contributed by atoms with E-state index in [1.165, 1.54) is 0 Å². The summed E-state index contributed by atoms with van der Waals surface area (Å²) < 4.78 is 5.93. The van der Waals surface area contributed by atoms with Gasteiger partial charge in [0.1, 0.15) is 6.04 Å². The number of nitrogens with one attached hydrogen (secondary N) is 1. The van der Waals surface area contributed by atoms with Gasteiger partial charge in [0, 0.05) is 23.6 Å². The Morgan fingerprint density at radius 3 is 2.57 bits per heavy atom. The second-order valence-corrected chi connectivity index (χ2v) is 8.45. The predicted molar refractivity (Wildman–Crippen MR) is 117 cm³/mol. The van der Waals surface area contributed by atoms with Gasteiger partial charge in [0.25, 0.3) is 5.91 Å². The van der Waals surface area contributed by atoms with Crippen LogP contribution in [-0.4, -0.2) is 48.1 Å². The van der Waals surface area contributed by atoms with Crippen LogP contribution in [0.25, 0.3) is 0 Å². The van der Waals surface area contributed by atoms with Gasteiger partial charge in [-0.05, 0) is 42.7 Å². The van der Waals surface area contributed by atoms with Gasteiger partial charge in [-0.25, -0.2) is 0 Å². The molecule has 2 aromatic rings. The predicted octanol–water partition coefficient (Wildman–Crippen LogP) is 3.85. The fourth-order valence-corrected chi connectivity index (χ4v) is 4.59. The van der Waals surface area contributed by atoms with Gasteiger partial charge in [-0.2, -0.15) is 0 Å². The summed E-state index contributed by atoms with van der Waals surface area (Å²) in [6, 6.07) is 16.0. The summed E-state index contributed by atoms with van der Waals surface area (Å²) in [5, 5.41) is 3.55. The molecule has 0 spiro atoms. The normalized spacial score (nSPS) is 22.1. The zero-order valence-electron chi connectivity index (χ0n) is 16.9. The fraction of sp³-hybridized carbons (Fsp3) is 0.417. The van der Waals surface area contributed by atoms with Crippen LogP contribution in [0.2, 0.25) is 5.02 Å². The number of rotatable bonds is 5. The first-order valence-corrected chi connectivity index (χ1v) is 11.0. The number of hydrogen-bond acceptors (Lipinski definition) is 3. The van der Waals surface area contributed by atoms with E-state index in [2.05, 4.69) is 5.32 Å². The first-order valence-electron chi connectivity index (χ1n) is 10.6. The number of hydrogen-bond donors (Lipinski definition) is 1. The SMILES string of the molecule is O=C(NC(Cc1ccccc1)C(=O)N1CCOC2CCCCC21)c1ccc(Cl)cc1. The van der Waals surface area contributed by atoms with E-state index >= 15 is 0 Å². The molecule has 0 bridgehead atoms. The van der Waals surface area contributed by atoms with Crippen LogP contribution in [0, 0.1) is 0 Å². The van der Waals surface area contributed by atoms with E-state index in [4.69, 9.17) is 16.3 Å². The van der Waals surface area contributed by atoms with Crippen molar-refractivity contribution in [2.24, 2.45) is 0 Å². The number of fused-ring (bicyclic) bond motifs is 1. The topological polar surface area (TPSA) is 58.6 Å². The summed E-state index contributed by atoms with van der Waals surface area (Å²) in [6.07, 6.45) is 4.77. The maximum atomic E-state index is 13.6. The average Bonchev–Trinajstić information content (AvgIpc) is 2.79. The molecule has 2 aromatic carbocycles. The molecule has 158 valence electrons. The monoisotopic (exact) mass is 426 g/mol. The van der Waals surface area contributed by atoms with Gasteiger partial charge in [-0.15, -0.1) is 0 Å². The highest BCUT2D eigenvalue weighted by molar-refractivity contribution is 6.30. The molecule has 1 saturated heterocycles. The van der Waals surface area contributed by atoms with Crippen molar-refractivity contribution in [2.75, 3.05) is 13.2 Å². The highest BCUT2D eigenvalue weighted by atomic mass is 35.5. The number of morpholine rings is 1. The van der Waals surface area contributed by atoms with Crippen molar-refractivity contribution in [2.45, 2.75) is 50.3 Å². The molecule has 2 aliphatic rings. The number of amides is 2. The van der Waals surface area contributed by atoms with Gasteiger partial charge in [0.05, 0.1) is 18.8 Å². The van der Waals surface area contributed by atoms with Crippen molar-refractivity contribution >= 4 is 23.4 Å². The number of carbonyl (C=O) groups is 2. The third-order valence-electron chi connectivity index (χ3n) is 6.01. The first-order chi connectivity index (χ1) is 14.6. The van der Waals surface area contributed by atoms with Crippen LogP contribution in [-0.2, 0) is 16.0 Å². The van der Waals surface area contributed by atoms with Crippen LogP contribution in [0.15, 0.2) is 54.6 Å².